The molecule has 0 rings (SSSR count). The van der Waals surface area contributed by atoms with Crippen LogP contribution in [0.3, 0.4) is 0 Å². The molecule has 0 atom stereocenters. The van der Waals surface area contributed by atoms with Gasteiger partial charge in [-0.25, -0.2) is 0 Å². The lowest BCUT2D eigenvalue weighted by molar-refractivity contribution is -0.156. The topological polar surface area (TPSA) is 97.7 Å². The summed E-state index contributed by atoms with van der Waals surface area (Å²) in [5, 5.41) is 26.6. The van der Waals surface area contributed by atoms with Gasteiger partial charge in [-0.05, 0) is 33.6 Å². The molecule has 0 aliphatic rings. The van der Waals surface area contributed by atoms with Gasteiger partial charge in [-0.3, -0.25) is 4.79 Å². The molecule has 0 aliphatic heterocycles. The van der Waals surface area contributed by atoms with E-state index in [1.807, 2.05) is 18.2 Å². The van der Waals surface area contributed by atoms with E-state index in [1.54, 1.807) is 20.8 Å². The van der Waals surface area contributed by atoms with E-state index < -0.39 is 17.0 Å². The first-order valence-corrected chi connectivity index (χ1v) is 5.70. The summed E-state index contributed by atoms with van der Waals surface area (Å²) in [4.78, 5) is 11.6. The third kappa shape index (κ3) is 5.87. The van der Waals surface area contributed by atoms with Gasteiger partial charge in [-0.15, -0.1) is 0 Å². The number of carbonyl (C=O) groups excluding carboxylic acids is 1. The van der Waals surface area contributed by atoms with Crippen LogP contribution in [0, 0.1) is 39.4 Å². The molecule has 18 heavy (non-hydrogen) atoms. The van der Waals surface area contributed by atoms with E-state index in [1.165, 1.54) is 0 Å². The van der Waals surface area contributed by atoms with Gasteiger partial charge in [0.2, 0.25) is 0 Å². The summed E-state index contributed by atoms with van der Waals surface area (Å²) >= 11 is 0. The van der Waals surface area contributed by atoms with E-state index in [0.29, 0.717) is 6.42 Å². The van der Waals surface area contributed by atoms with Crippen molar-refractivity contribution in [2.45, 2.75) is 52.1 Å². The monoisotopic (exact) mass is 247 g/mol. The maximum absolute atomic E-state index is 11.6. The summed E-state index contributed by atoms with van der Waals surface area (Å²) in [5.74, 6) is -0.567. The minimum Gasteiger partial charge on any atom is -0.460 e. The summed E-state index contributed by atoms with van der Waals surface area (Å²) in [6.45, 7) is 5.17. The van der Waals surface area contributed by atoms with Gasteiger partial charge in [0.25, 0.3) is 0 Å². The Bertz CT molecular complexity index is 401. The molecule has 0 heterocycles. The third-order valence-electron chi connectivity index (χ3n) is 2.19. The zero-order valence-corrected chi connectivity index (χ0v) is 11.0. The Kier molecular flexibility index (Phi) is 5.86. The molecular weight excluding hydrogens is 230 g/mol. The standard InChI is InChI=1S/C13H17N3O2/c1-12(2,3)18-11(17)8-13(9-15,10-16)6-4-5-7-14/h4-6,8H2,1-3H3. The van der Waals surface area contributed by atoms with E-state index in [2.05, 4.69) is 0 Å². The molecule has 0 unspecified atom stereocenters. The fourth-order valence-electron chi connectivity index (χ4n) is 1.40. The normalized spacial score (nSPS) is 10.9. The number of carbonyl (C=O) groups is 1. The van der Waals surface area contributed by atoms with Crippen molar-refractivity contribution in [1.82, 2.24) is 0 Å². The maximum Gasteiger partial charge on any atom is 0.309 e. The van der Waals surface area contributed by atoms with Crippen molar-refractivity contribution in [2.24, 2.45) is 5.41 Å². The highest BCUT2D eigenvalue weighted by Gasteiger charge is 2.34. The van der Waals surface area contributed by atoms with E-state index >= 15 is 0 Å². The Morgan fingerprint density at radius 2 is 1.72 bits per heavy atom. The quantitative estimate of drug-likeness (QED) is 0.549. The predicted octanol–water partition coefficient (Wildman–Crippen LogP) is 2.45. The summed E-state index contributed by atoms with van der Waals surface area (Å²) in [5.41, 5.74) is -2.03. The number of hydrogen-bond donors (Lipinski definition) is 0. The lowest BCUT2D eigenvalue weighted by Gasteiger charge is -2.23. The molecule has 0 spiro atoms. The lowest BCUT2D eigenvalue weighted by atomic mass is 9.82. The average Bonchev–Trinajstić information content (AvgIpc) is 2.25. The van der Waals surface area contributed by atoms with Crippen molar-refractivity contribution >= 4 is 5.97 Å². The average molecular weight is 247 g/mol. The Morgan fingerprint density at radius 1 is 1.17 bits per heavy atom. The molecule has 0 amide bonds. The van der Waals surface area contributed by atoms with Crippen LogP contribution in [0.25, 0.3) is 0 Å². The largest absolute Gasteiger partial charge is 0.460 e. The van der Waals surface area contributed by atoms with E-state index in [0.717, 1.165) is 0 Å². The van der Waals surface area contributed by atoms with Crippen LogP contribution in [-0.2, 0) is 9.53 Å². The number of esters is 1. The SMILES string of the molecule is CC(C)(C)OC(=O)CC(C#N)(C#N)CCCC#N. The Labute approximate surface area is 108 Å². The molecule has 0 radical (unpaired) electrons. The minimum absolute atomic E-state index is 0.201. The maximum atomic E-state index is 11.6. The van der Waals surface area contributed by atoms with E-state index in [-0.39, 0.29) is 19.3 Å². The second-order valence-electron chi connectivity index (χ2n) is 5.08. The highest BCUT2D eigenvalue weighted by Crippen LogP contribution is 2.28. The predicted molar refractivity (Wildman–Crippen MR) is 63.6 cm³/mol. The van der Waals surface area contributed by atoms with Crippen LogP contribution >= 0.6 is 0 Å². The molecule has 0 aliphatic carbocycles. The Hall–Kier alpha value is -2.06. The summed E-state index contributed by atoms with van der Waals surface area (Å²) in [6.07, 6.45) is 0.620. The third-order valence-corrected chi connectivity index (χ3v) is 2.19. The summed E-state index contributed by atoms with van der Waals surface area (Å²) in [6, 6.07) is 5.68. The molecule has 5 nitrogen and oxygen atoms in total. The van der Waals surface area contributed by atoms with Gasteiger partial charge in [0.1, 0.15) is 5.60 Å². The number of hydrogen-bond acceptors (Lipinski definition) is 5. The molecule has 5 heteroatoms. The summed E-state index contributed by atoms with van der Waals surface area (Å²) in [7, 11) is 0. The fraction of sp³-hybridized carbons (Fsp3) is 0.692. The molecular formula is C13H17N3O2. The summed E-state index contributed by atoms with van der Waals surface area (Å²) < 4.78 is 5.10. The molecule has 0 fully saturated rings. The number of nitriles is 3. The smallest absolute Gasteiger partial charge is 0.309 e. The van der Waals surface area contributed by atoms with Crippen molar-refractivity contribution in [3.8, 4) is 18.2 Å². The highest BCUT2D eigenvalue weighted by molar-refractivity contribution is 5.72. The van der Waals surface area contributed by atoms with E-state index in [9.17, 15) is 4.79 Å². The number of rotatable bonds is 5. The molecule has 0 aromatic heterocycles. The van der Waals surface area contributed by atoms with Crippen LogP contribution in [0.15, 0.2) is 0 Å². The highest BCUT2D eigenvalue weighted by atomic mass is 16.6. The zero-order chi connectivity index (χ0) is 14.2. The van der Waals surface area contributed by atoms with Gasteiger partial charge in [-0.1, -0.05) is 0 Å². The second kappa shape index (κ2) is 6.62. The van der Waals surface area contributed by atoms with Crippen LogP contribution in [0.2, 0.25) is 0 Å². The van der Waals surface area contributed by atoms with Gasteiger partial charge in [0.15, 0.2) is 5.41 Å². The van der Waals surface area contributed by atoms with Crippen molar-refractivity contribution in [3.63, 3.8) is 0 Å². The van der Waals surface area contributed by atoms with Crippen LogP contribution in [0.5, 0.6) is 0 Å². The van der Waals surface area contributed by atoms with Crippen LogP contribution in [0.4, 0.5) is 0 Å². The van der Waals surface area contributed by atoms with E-state index in [4.69, 9.17) is 20.5 Å². The van der Waals surface area contributed by atoms with Crippen LogP contribution in [-0.4, -0.2) is 11.6 Å². The number of unbranched alkanes of at least 4 members (excludes halogenated alkanes) is 1. The van der Waals surface area contributed by atoms with Crippen molar-refractivity contribution in [3.05, 3.63) is 0 Å². The zero-order valence-electron chi connectivity index (χ0n) is 11.0. The van der Waals surface area contributed by atoms with Crippen LogP contribution < -0.4 is 0 Å². The first kappa shape index (κ1) is 15.9. The minimum atomic E-state index is -1.39. The molecule has 0 aromatic rings. The lowest BCUT2D eigenvalue weighted by Crippen LogP contribution is -2.29. The van der Waals surface area contributed by atoms with Crippen molar-refractivity contribution < 1.29 is 9.53 Å². The van der Waals surface area contributed by atoms with Crippen LogP contribution in [0.1, 0.15) is 46.5 Å². The molecule has 0 N–H and O–H groups in total. The fourth-order valence-corrected chi connectivity index (χ4v) is 1.40. The van der Waals surface area contributed by atoms with Gasteiger partial charge < -0.3 is 4.74 Å². The van der Waals surface area contributed by atoms with Crippen molar-refractivity contribution in [2.75, 3.05) is 0 Å². The molecule has 0 saturated carbocycles. The Morgan fingerprint density at radius 3 is 2.11 bits per heavy atom. The van der Waals surface area contributed by atoms with Gasteiger partial charge in [0.05, 0.1) is 24.6 Å². The van der Waals surface area contributed by atoms with Gasteiger partial charge >= 0.3 is 5.97 Å². The molecule has 0 saturated heterocycles. The van der Waals surface area contributed by atoms with Crippen molar-refractivity contribution in [1.29, 1.82) is 15.8 Å². The molecule has 96 valence electrons. The van der Waals surface area contributed by atoms with Gasteiger partial charge in [-0.2, -0.15) is 15.8 Å². The van der Waals surface area contributed by atoms with Gasteiger partial charge in [0, 0.05) is 6.42 Å². The number of ether oxygens (including phenoxy) is 1. The first-order chi connectivity index (χ1) is 8.28. The molecule has 0 bridgehead atoms. The second-order valence-corrected chi connectivity index (χ2v) is 5.08. The first-order valence-electron chi connectivity index (χ1n) is 5.70. The number of nitrogens with zero attached hydrogens (tertiary/aromatic N) is 3. The molecule has 0 aromatic carbocycles. The Balaban J connectivity index is 4.64.